The maximum atomic E-state index is 12.3. The van der Waals surface area contributed by atoms with E-state index in [4.69, 9.17) is 5.73 Å². The van der Waals surface area contributed by atoms with Gasteiger partial charge in [0.1, 0.15) is 14.7 Å². The number of nitrogens with zero attached hydrogens (tertiary/aromatic N) is 3. The molecule has 8 heteroatoms. The van der Waals surface area contributed by atoms with Crippen LogP contribution >= 0.6 is 22.7 Å². The van der Waals surface area contributed by atoms with Gasteiger partial charge in [0, 0.05) is 18.1 Å². The number of aryl methyl sites for hydroxylation is 3. The third-order valence-corrected chi connectivity index (χ3v) is 5.34. The molecule has 0 aliphatic heterocycles. The van der Waals surface area contributed by atoms with Crippen LogP contribution in [-0.4, -0.2) is 20.7 Å². The molecule has 0 saturated carbocycles. The molecule has 21 heavy (non-hydrogen) atoms. The predicted octanol–water partition coefficient (Wildman–Crippen LogP) is 2.22. The van der Waals surface area contributed by atoms with E-state index in [-0.39, 0.29) is 5.91 Å². The monoisotopic (exact) mass is 321 g/mol. The number of hydrogen-bond donors (Lipinski definition) is 2. The van der Waals surface area contributed by atoms with Crippen molar-refractivity contribution >= 4 is 44.5 Å². The van der Waals surface area contributed by atoms with Crippen molar-refractivity contribution in [2.24, 2.45) is 7.05 Å². The fourth-order valence-electron chi connectivity index (χ4n) is 2.22. The van der Waals surface area contributed by atoms with Crippen LogP contribution in [0.2, 0.25) is 0 Å². The minimum atomic E-state index is -0.166. The van der Waals surface area contributed by atoms with Crippen LogP contribution < -0.4 is 11.1 Å². The minimum absolute atomic E-state index is 0.166. The number of carbonyl (C=O) groups is 1. The number of thiazole rings is 1. The zero-order valence-electron chi connectivity index (χ0n) is 11.9. The maximum Gasteiger partial charge on any atom is 0.263 e. The molecule has 0 aromatic carbocycles. The lowest BCUT2D eigenvalue weighted by molar-refractivity contribution is 0.0956. The van der Waals surface area contributed by atoms with Crippen LogP contribution in [0.5, 0.6) is 0 Å². The summed E-state index contributed by atoms with van der Waals surface area (Å²) in [6, 6.07) is 0. The van der Waals surface area contributed by atoms with Gasteiger partial charge < -0.3 is 11.1 Å². The van der Waals surface area contributed by atoms with E-state index in [1.807, 2.05) is 20.9 Å². The Morgan fingerprint density at radius 3 is 2.81 bits per heavy atom. The number of rotatable bonds is 3. The van der Waals surface area contributed by atoms with Crippen molar-refractivity contribution in [2.45, 2.75) is 20.4 Å². The third-order valence-electron chi connectivity index (χ3n) is 3.16. The summed E-state index contributed by atoms with van der Waals surface area (Å²) in [5.41, 5.74) is 7.46. The topological polar surface area (TPSA) is 85.8 Å². The number of hydrogen-bond acceptors (Lipinski definition) is 6. The van der Waals surface area contributed by atoms with Gasteiger partial charge in [-0.05, 0) is 13.8 Å². The van der Waals surface area contributed by atoms with Crippen LogP contribution in [0.25, 0.3) is 10.2 Å². The van der Waals surface area contributed by atoms with Crippen molar-refractivity contribution in [1.82, 2.24) is 20.1 Å². The largest absolute Gasteiger partial charge is 0.397 e. The molecule has 3 aromatic rings. The Labute approximate surface area is 129 Å². The first kappa shape index (κ1) is 14.0. The summed E-state index contributed by atoms with van der Waals surface area (Å²) < 4.78 is 1.76. The van der Waals surface area contributed by atoms with E-state index in [0.29, 0.717) is 17.1 Å². The van der Waals surface area contributed by atoms with Crippen molar-refractivity contribution in [3.63, 3.8) is 0 Å². The van der Waals surface area contributed by atoms with Gasteiger partial charge in [-0.3, -0.25) is 9.48 Å². The fourth-order valence-corrected chi connectivity index (χ4v) is 4.05. The molecule has 0 atom stereocenters. The molecule has 0 fully saturated rings. The van der Waals surface area contributed by atoms with Gasteiger partial charge in [0.15, 0.2) is 0 Å². The Morgan fingerprint density at radius 1 is 1.43 bits per heavy atom. The lowest BCUT2D eigenvalue weighted by Crippen LogP contribution is -2.22. The highest BCUT2D eigenvalue weighted by Gasteiger charge is 2.20. The van der Waals surface area contributed by atoms with Crippen molar-refractivity contribution < 1.29 is 4.79 Å². The zero-order chi connectivity index (χ0) is 15.1. The second-order valence-electron chi connectivity index (χ2n) is 4.78. The lowest BCUT2D eigenvalue weighted by Gasteiger charge is -2.02. The second-order valence-corrected chi connectivity index (χ2v) is 7.10. The molecule has 6 nitrogen and oxygen atoms in total. The number of amides is 1. The van der Waals surface area contributed by atoms with E-state index >= 15 is 0 Å². The summed E-state index contributed by atoms with van der Waals surface area (Å²) in [4.78, 5) is 19.1. The number of aromatic nitrogens is 3. The van der Waals surface area contributed by atoms with E-state index in [1.54, 1.807) is 22.2 Å². The van der Waals surface area contributed by atoms with Gasteiger partial charge in [-0.1, -0.05) is 0 Å². The van der Waals surface area contributed by atoms with E-state index in [2.05, 4.69) is 15.4 Å². The van der Waals surface area contributed by atoms with Gasteiger partial charge in [-0.2, -0.15) is 5.10 Å². The second kappa shape index (κ2) is 5.12. The molecule has 3 heterocycles. The average Bonchev–Trinajstić information content (AvgIpc) is 3.06. The van der Waals surface area contributed by atoms with Gasteiger partial charge in [-0.15, -0.1) is 22.7 Å². The molecule has 3 N–H and O–H groups in total. The highest BCUT2D eigenvalue weighted by atomic mass is 32.1. The number of nitrogens with two attached hydrogens (primary N) is 1. The van der Waals surface area contributed by atoms with Crippen LogP contribution in [0, 0.1) is 13.8 Å². The standard InChI is InChI=1S/C13H15N5OS2/c1-6-4-15-8(20-6)5-16-12(19)11-10(14)9-7(2)17-18(3)13(9)21-11/h4H,5,14H2,1-3H3,(H,16,19). The highest BCUT2D eigenvalue weighted by Crippen LogP contribution is 2.35. The number of thiophene rings is 1. The van der Waals surface area contributed by atoms with E-state index in [1.165, 1.54) is 11.3 Å². The molecule has 3 rings (SSSR count). The Morgan fingerprint density at radius 2 is 2.19 bits per heavy atom. The fraction of sp³-hybridized carbons (Fsp3) is 0.308. The molecule has 0 bridgehead atoms. The Kier molecular flexibility index (Phi) is 3.42. The molecular formula is C13H15N5OS2. The van der Waals surface area contributed by atoms with Gasteiger partial charge in [0.2, 0.25) is 0 Å². The zero-order valence-corrected chi connectivity index (χ0v) is 13.6. The lowest BCUT2D eigenvalue weighted by atomic mass is 10.2. The maximum absolute atomic E-state index is 12.3. The SMILES string of the molecule is Cc1cnc(CNC(=O)c2sc3c(c(C)nn3C)c2N)s1. The molecule has 0 aliphatic carbocycles. The van der Waals surface area contributed by atoms with Gasteiger partial charge in [-0.25, -0.2) is 4.98 Å². The summed E-state index contributed by atoms with van der Waals surface area (Å²) in [5.74, 6) is -0.166. The van der Waals surface area contributed by atoms with Crippen molar-refractivity contribution in [2.75, 3.05) is 5.73 Å². The first-order chi connectivity index (χ1) is 9.97. The summed E-state index contributed by atoms with van der Waals surface area (Å²) in [6.07, 6.45) is 1.80. The summed E-state index contributed by atoms with van der Waals surface area (Å²) in [7, 11) is 1.85. The van der Waals surface area contributed by atoms with Crippen LogP contribution in [0.1, 0.15) is 25.3 Å². The van der Waals surface area contributed by atoms with Gasteiger partial charge >= 0.3 is 0 Å². The first-order valence-electron chi connectivity index (χ1n) is 6.38. The van der Waals surface area contributed by atoms with E-state index in [0.717, 1.165) is 25.8 Å². The molecule has 110 valence electrons. The first-order valence-corrected chi connectivity index (χ1v) is 8.01. The average molecular weight is 321 g/mol. The molecule has 0 unspecified atom stereocenters. The minimum Gasteiger partial charge on any atom is -0.397 e. The van der Waals surface area contributed by atoms with Crippen LogP contribution in [0.3, 0.4) is 0 Å². The normalized spacial score (nSPS) is 11.2. The summed E-state index contributed by atoms with van der Waals surface area (Å²) >= 11 is 2.94. The van der Waals surface area contributed by atoms with Crippen LogP contribution in [0.4, 0.5) is 5.69 Å². The number of carbonyl (C=O) groups excluding carboxylic acids is 1. The van der Waals surface area contributed by atoms with Crippen molar-refractivity contribution in [1.29, 1.82) is 0 Å². The van der Waals surface area contributed by atoms with Gasteiger partial charge in [0.05, 0.1) is 23.3 Å². The van der Waals surface area contributed by atoms with Crippen molar-refractivity contribution in [3.8, 4) is 0 Å². The molecule has 0 spiro atoms. The molecule has 0 radical (unpaired) electrons. The molecule has 0 aliphatic rings. The van der Waals surface area contributed by atoms with E-state index < -0.39 is 0 Å². The third kappa shape index (κ3) is 2.40. The molecular weight excluding hydrogens is 306 g/mol. The Balaban J connectivity index is 1.84. The summed E-state index contributed by atoms with van der Waals surface area (Å²) in [5, 5.41) is 8.94. The Bertz CT molecular complexity index is 829. The van der Waals surface area contributed by atoms with Crippen LogP contribution in [0.15, 0.2) is 6.20 Å². The number of nitrogens with one attached hydrogen (secondary N) is 1. The number of nitrogen functional groups attached to an aromatic ring is 1. The predicted molar refractivity (Wildman–Crippen MR) is 85.8 cm³/mol. The highest BCUT2D eigenvalue weighted by molar-refractivity contribution is 7.21. The van der Waals surface area contributed by atoms with E-state index in [9.17, 15) is 4.79 Å². The van der Waals surface area contributed by atoms with Crippen LogP contribution in [-0.2, 0) is 13.6 Å². The molecule has 1 amide bonds. The molecule has 3 aromatic heterocycles. The quantitative estimate of drug-likeness (QED) is 0.774. The summed E-state index contributed by atoms with van der Waals surface area (Å²) in [6.45, 7) is 4.30. The number of anilines is 1. The smallest absolute Gasteiger partial charge is 0.263 e. The Hall–Kier alpha value is -1.93. The van der Waals surface area contributed by atoms with Crippen molar-refractivity contribution in [3.05, 3.63) is 26.7 Å². The number of fused-ring (bicyclic) bond motifs is 1. The van der Waals surface area contributed by atoms with Gasteiger partial charge in [0.25, 0.3) is 5.91 Å². The molecule has 0 saturated heterocycles.